The van der Waals surface area contributed by atoms with E-state index in [2.05, 4.69) is 5.10 Å². The Morgan fingerprint density at radius 1 is 1.19 bits per heavy atom. The Hall–Kier alpha value is -3.86. The molecular formula is C19H15N5O3. The summed E-state index contributed by atoms with van der Waals surface area (Å²) in [5.74, 6) is 1.02. The van der Waals surface area contributed by atoms with Crippen molar-refractivity contribution >= 4 is 11.7 Å². The lowest BCUT2D eigenvalue weighted by molar-refractivity contribution is 0.250. The summed E-state index contributed by atoms with van der Waals surface area (Å²) in [5.41, 5.74) is 1.53. The largest absolute Gasteiger partial charge is 0.497 e. The number of aromatic nitrogens is 3. The summed E-state index contributed by atoms with van der Waals surface area (Å²) in [6, 6.07) is 15.6. The van der Waals surface area contributed by atoms with Crippen molar-refractivity contribution in [3.63, 3.8) is 0 Å². The minimum Gasteiger partial charge on any atom is -0.497 e. The summed E-state index contributed by atoms with van der Waals surface area (Å²) in [6.45, 7) is 0.443. The van der Waals surface area contributed by atoms with E-state index in [9.17, 15) is 9.59 Å². The van der Waals surface area contributed by atoms with Crippen LogP contribution in [0.3, 0.4) is 0 Å². The predicted octanol–water partition coefficient (Wildman–Crippen LogP) is 1.96. The Labute approximate surface area is 154 Å². The first-order chi connectivity index (χ1) is 13.1. The van der Waals surface area contributed by atoms with Gasteiger partial charge in [-0.25, -0.2) is 14.3 Å². The van der Waals surface area contributed by atoms with Crippen LogP contribution in [0.1, 0.15) is 17.0 Å². The molecular weight excluding hydrogens is 346 g/mol. The molecule has 4 rings (SSSR count). The molecule has 1 aliphatic heterocycles. The predicted molar refractivity (Wildman–Crippen MR) is 96.7 cm³/mol. The molecule has 134 valence electrons. The number of carbonyl (C=O) groups excluding carboxylic acids is 1. The molecule has 0 N–H and O–H groups in total. The SMILES string of the molecule is COc1cccc(N2Cc3nn(Cc4ccc(C#N)cc4)c(=O)n3C2=O)c1. The molecule has 0 atom stereocenters. The lowest BCUT2D eigenvalue weighted by atomic mass is 10.1. The first-order valence-electron chi connectivity index (χ1n) is 8.24. The zero-order valence-electron chi connectivity index (χ0n) is 14.5. The first-order valence-corrected chi connectivity index (χ1v) is 8.24. The van der Waals surface area contributed by atoms with E-state index >= 15 is 0 Å². The Kier molecular flexibility index (Phi) is 3.97. The van der Waals surface area contributed by atoms with Gasteiger partial charge in [-0.2, -0.15) is 14.9 Å². The van der Waals surface area contributed by atoms with Crippen molar-refractivity contribution in [2.75, 3.05) is 12.0 Å². The highest BCUT2D eigenvalue weighted by Gasteiger charge is 2.33. The van der Waals surface area contributed by atoms with Gasteiger partial charge in [0.05, 0.1) is 31.8 Å². The van der Waals surface area contributed by atoms with Crippen molar-refractivity contribution in [1.29, 1.82) is 5.26 Å². The molecule has 0 spiro atoms. The molecule has 8 nitrogen and oxygen atoms in total. The van der Waals surface area contributed by atoms with E-state index in [0.717, 1.165) is 10.1 Å². The van der Waals surface area contributed by atoms with Crippen LogP contribution in [0.2, 0.25) is 0 Å². The molecule has 0 saturated carbocycles. The van der Waals surface area contributed by atoms with Crippen LogP contribution in [-0.4, -0.2) is 27.5 Å². The molecule has 0 unspecified atom stereocenters. The summed E-state index contributed by atoms with van der Waals surface area (Å²) in [5, 5.41) is 13.2. The van der Waals surface area contributed by atoms with Gasteiger partial charge >= 0.3 is 11.7 Å². The monoisotopic (exact) mass is 361 g/mol. The summed E-state index contributed by atoms with van der Waals surface area (Å²) in [4.78, 5) is 26.8. The molecule has 1 amide bonds. The fourth-order valence-electron chi connectivity index (χ4n) is 3.02. The van der Waals surface area contributed by atoms with Crippen LogP contribution in [0, 0.1) is 11.3 Å². The standard InChI is InChI=1S/C19H15N5O3/c1-27-16-4-2-3-15(9-16)22-12-17-21-23(19(26)24(17)18(22)25)11-14-7-5-13(10-20)6-8-14/h2-9H,11-12H2,1H3. The van der Waals surface area contributed by atoms with E-state index < -0.39 is 11.7 Å². The van der Waals surface area contributed by atoms with Gasteiger partial charge in [0, 0.05) is 11.8 Å². The van der Waals surface area contributed by atoms with Crippen LogP contribution in [-0.2, 0) is 13.1 Å². The average Bonchev–Trinajstić information content (AvgIpc) is 3.19. The maximum atomic E-state index is 12.7. The van der Waals surface area contributed by atoms with Crippen molar-refractivity contribution in [1.82, 2.24) is 14.3 Å². The number of amides is 1. The minimum atomic E-state index is -0.482. The highest BCUT2D eigenvalue weighted by Crippen LogP contribution is 2.25. The molecule has 0 fully saturated rings. The number of methoxy groups -OCH3 is 1. The molecule has 2 heterocycles. The summed E-state index contributed by atoms with van der Waals surface area (Å²) in [6.07, 6.45) is 0. The van der Waals surface area contributed by atoms with Crippen LogP contribution >= 0.6 is 0 Å². The van der Waals surface area contributed by atoms with Crippen molar-refractivity contribution in [2.45, 2.75) is 13.1 Å². The number of hydrogen-bond acceptors (Lipinski definition) is 5. The van der Waals surface area contributed by atoms with Gasteiger partial charge in [-0.15, -0.1) is 0 Å². The normalized spacial score (nSPS) is 12.7. The molecule has 0 bridgehead atoms. The van der Waals surface area contributed by atoms with Crippen molar-refractivity contribution in [3.05, 3.63) is 76.0 Å². The number of benzene rings is 2. The van der Waals surface area contributed by atoms with Gasteiger partial charge in [-0.1, -0.05) is 18.2 Å². The number of rotatable bonds is 4. The van der Waals surface area contributed by atoms with Gasteiger partial charge in [0.15, 0.2) is 5.82 Å². The maximum Gasteiger partial charge on any atom is 0.354 e. The second kappa shape index (κ2) is 6.46. The smallest absolute Gasteiger partial charge is 0.354 e. The first kappa shape index (κ1) is 16.6. The van der Waals surface area contributed by atoms with Crippen LogP contribution < -0.4 is 15.3 Å². The Balaban J connectivity index is 1.61. The number of hydrogen-bond donors (Lipinski definition) is 0. The van der Waals surface area contributed by atoms with Crippen molar-refractivity contribution in [2.24, 2.45) is 0 Å². The van der Waals surface area contributed by atoms with Crippen molar-refractivity contribution in [3.8, 4) is 11.8 Å². The Morgan fingerprint density at radius 3 is 2.63 bits per heavy atom. The quantitative estimate of drug-likeness (QED) is 0.708. The Bertz CT molecular complexity index is 1120. The van der Waals surface area contributed by atoms with Gasteiger partial charge in [0.1, 0.15) is 5.75 Å². The van der Waals surface area contributed by atoms with E-state index in [1.807, 2.05) is 6.07 Å². The van der Waals surface area contributed by atoms with Gasteiger partial charge in [0.25, 0.3) is 0 Å². The second-order valence-corrected chi connectivity index (χ2v) is 6.07. The third-order valence-corrected chi connectivity index (χ3v) is 4.41. The number of fused-ring (bicyclic) bond motifs is 1. The molecule has 1 aliphatic rings. The molecule has 8 heteroatoms. The van der Waals surface area contributed by atoms with E-state index in [4.69, 9.17) is 10.00 Å². The summed E-state index contributed by atoms with van der Waals surface area (Å²) in [7, 11) is 1.55. The molecule has 2 aromatic carbocycles. The topological polar surface area (TPSA) is 93.2 Å². The lowest BCUT2D eigenvalue weighted by Gasteiger charge is -2.15. The molecule has 0 radical (unpaired) electrons. The number of ether oxygens (including phenoxy) is 1. The number of nitriles is 1. The molecule has 0 aliphatic carbocycles. The molecule has 0 saturated heterocycles. The zero-order valence-corrected chi connectivity index (χ0v) is 14.5. The lowest BCUT2D eigenvalue weighted by Crippen LogP contribution is -2.35. The van der Waals surface area contributed by atoms with Crippen LogP contribution in [0.15, 0.2) is 53.3 Å². The average molecular weight is 361 g/mol. The van der Waals surface area contributed by atoms with Gasteiger partial charge < -0.3 is 4.74 Å². The number of carbonyl (C=O) groups is 1. The fourth-order valence-corrected chi connectivity index (χ4v) is 3.02. The molecule has 27 heavy (non-hydrogen) atoms. The van der Waals surface area contributed by atoms with E-state index in [0.29, 0.717) is 22.8 Å². The fraction of sp³-hybridized carbons (Fsp3) is 0.158. The van der Waals surface area contributed by atoms with E-state index in [1.165, 1.54) is 9.58 Å². The minimum absolute atomic E-state index is 0.210. The number of anilines is 1. The Morgan fingerprint density at radius 2 is 1.96 bits per heavy atom. The zero-order chi connectivity index (χ0) is 19.0. The third-order valence-electron chi connectivity index (χ3n) is 4.41. The summed E-state index contributed by atoms with van der Waals surface area (Å²) < 4.78 is 7.54. The number of nitrogens with zero attached hydrogens (tertiary/aromatic N) is 5. The summed E-state index contributed by atoms with van der Waals surface area (Å²) >= 11 is 0. The van der Waals surface area contributed by atoms with E-state index in [1.54, 1.807) is 55.6 Å². The highest BCUT2D eigenvalue weighted by molar-refractivity contribution is 5.96. The van der Waals surface area contributed by atoms with Gasteiger partial charge in [0.2, 0.25) is 0 Å². The maximum absolute atomic E-state index is 12.7. The third kappa shape index (κ3) is 2.85. The van der Waals surface area contributed by atoms with Crippen molar-refractivity contribution < 1.29 is 9.53 Å². The van der Waals surface area contributed by atoms with Crippen LogP contribution in [0.4, 0.5) is 10.5 Å². The van der Waals surface area contributed by atoms with Crippen LogP contribution in [0.5, 0.6) is 5.75 Å². The van der Waals surface area contributed by atoms with Crippen LogP contribution in [0.25, 0.3) is 0 Å². The second-order valence-electron chi connectivity index (χ2n) is 6.07. The van der Waals surface area contributed by atoms with E-state index in [-0.39, 0.29) is 13.1 Å². The van der Waals surface area contributed by atoms with Gasteiger partial charge in [-0.05, 0) is 29.8 Å². The van der Waals surface area contributed by atoms with Gasteiger partial charge in [-0.3, -0.25) is 4.90 Å². The molecule has 1 aromatic heterocycles. The highest BCUT2D eigenvalue weighted by atomic mass is 16.5. The molecule has 3 aromatic rings.